The molecule has 2 saturated carbocycles. The molecule has 0 saturated heterocycles. The highest BCUT2D eigenvalue weighted by atomic mass is 16.5. The van der Waals surface area contributed by atoms with Crippen molar-refractivity contribution in [3.8, 4) is 0 Å². The van der Waals surface area contributed by atoms with Crippen LogP contribution in [0.15, 0.2) is 11.8 Å². The van der Waals surface area contributed by atoms with Gasteiger partial charge in [0.05, 0.1) is 36.1 Å². The van der Waals surface area contributed by atoms with Crippen LogP contribution in [0.4, 0.5) is 0 Å². The molecule has 8 heteroatoms. The summed E-state index contributed by atoms with van der Waals surface area (Å²) in [6, 6.07) is 0. The zero-order valence-electron chi connectivity index (χ0n) is 14.0. The largest absolute Gasteiger partial charge is 0.494 e. The van der Waals surface area contributed by atoms with Crippen LogP contribution in [0.5, 0.6) is 0 Å². The van der Waals surface area contributed by atoms with Gasteiger partial charge >= 0.3 is 0 Å². The Morgan fingerprint density at radius 3 is 2.36 bits per heavy atom. The van der Waals surface area contributed by atoms with Gasteiger partial charge in [0.1, 0.15) is 12.2 Å². The van der Waals surface area contributed by atoms with Gasteiger partial charge in [-0.3, -0.25) is 4.79 Å². The molecule has 0 aromatic heterocycles. The van der Waals surface area contributed by atoms with Gasteiger partial charge in [-0.25, -0.2) is 0 Å². The molecule has 0 radical (unpaired) electrons. The Bertz CT molecular complexity index is 547. The van der Waals surface area contributed by atoms with E-state index in [2.05, 4.69) is 0 Å². The SMILES string of the molecule is CC1=CC(=O)C2C(O)CC(O)C([C@@H]3C[C@H](CO)[C@@H](O)[C@H](O)[C@H]3O)C2O1. The van der Waals surface area contributed by atoms with Crippen LogP contribution in [0, 0.1) is 23.7 Å². The highest BCUT2D eigenvalue weighted by Gasteiger charge is 2.56. The normalized spacial score (nSPS) is 50.7. The monoisotopic (exact) mass is 358 g/mol. The van der Waals surface area contributed by atoms with Crippen molar-refractivity contribution >= 4 is 5.78 Å². The van der Waals surface area contributed by atoms with E-state index < -0.39 is 60.3 Å². The summed E-state index contributed by atoms with van der Waals surface area (Å²) in [7, 11) is 0. The second kappa shape index (κ2) is 6.94. The van der Waals surface area contributed by atoms with Crippen molar-refractivity contribution in [2.24, 2.45) is 23.7 Å². The minimum Gasteiger partial charge on any atom is -0.494 e. The van der Waals surface area contributed by atoms with E-state index in [1.165, 1.54) is 6.08 Å². The van der Waals surface area contributed by atoms with Crippen molar-refractivity contribution in [2.75, 3.05) is 6.61 Å². The lowest BCUT2D eigenvalue weighted by molar-refractivity contribution is -0.200. The van der Waals surface area contributed by atoms with Gasteiger partial charge < -0.3 is 35.4 Å². The summed E-state index contributed by atoms with van der Waals surface area (Å²) < 4.78 is 5.75. The highest BCUT2D eigenvalue weighted by Crippen LogP contribution is 2.45. The molecule has 0 bridgehead atoms. The van der Waals surface area contributed by atoms with Gasteiger partial charge in [-0.05, 0) is 19.3 Å². The number of hydrogen-bond donors (Lipinski definition) is 6. The van der Waals surface area contributed by atoms with E-state index in [9.17, 15) is 35.4 Å². The third kappa shape index (κ3) is 3.11. The minimum atomic E-state index is -1.47. The van der Waals surface area contributed by atoms with E-state index in [0.717, 1.165) is 0 Å². The van der Waals surface area contributed by atoms with Crippen molar-refractivity contribution in [1.29, 1.82) is 0 Å². The molecule has 3 rings (SSSR count). The van der Waals surface area contributed by atoms with Gasteiger partial charge in [-0.2, -0.15) is 0 Å². The Hall–Kier alpha value is -1.03. The van der Waals surface area contributed by atoms with Gasteiger partial charge in [-0.1, -0.05) is 0 Å². The van der Waals surface area contributed by atoms with E-state index in [4.69, 9.17) is 4.74 Å². The summed E-state index contributed by atoms with van der Waals surface area (Å²) in [4.78, 5) is 12.3. The van der Waals surface area contributed by atoms with Crippen molar-refractivity contribution in [3.05, 3.63) is 11.8 Å². The van der Waals surface area contributed by atoms with Crippen molar-refractivity contribution < 1.29 is 40.2 Å². The fourth-order valence-corrected chi connectivity index (χ4v) is 4.74. The molecular formula is C17H26O8. The first kappa shape index (κ1) is 18.8. The molecule has 142 valence electrons. The van der Waals surface area contributed by atoms with E-state index in [0.29, 0.717) is 5.76 Å². The maximum absolute atomic E-state index is 12.3. The number of ether oxygens (including phenoxy) is 1. The van der Waals surface area contributed by atoms with Crippen LogP contribution in [0.3, 0.4) is 0 Å². The highest BCUT2D eigenvalue weighted by molar-refractivity contribution is 5.93. The maximum Gasteiger partial charge on any atom is 0.168 e. The van der Waals surface area contributed by atoms with Crippen LogP contribution >= 0.6 is 0 Å². The average Bonchev–Trinajstić information content (AvgIpc) is 2.53. The van der Waals surface area contributed by atoms with E-state index in [1.54, 1.807) is 6.92 Å². The Morgan fingerprint density at radius 2 is 1.72 bits per heavy atom. The number of carbonyl (C=O) groups excluding carboxylic acids is 1. The molecule has 1 aliphatic heterocycles. The van der Waals surface area contributed by atoms with Crippen molar-refractivity contribution in [1.82, 2.24) is 0 Å². The molecule has 5 unspecified atom stereocenters. The molecule has 0 aromatic carbocycles. The van der Waals surface area contributed by atoms with Crippen LogP contribution in [0.25, 0.3) is 0 Å². The lowest BCUT2D eigenvalue weighted by Gasteiger charge is -2.51. The lowest BCUT2D eigenvalue weighted by Crippen LogP contribution is -2.62. The fourth-order valence-electron chi connectivity index (χ4n) is 4.74. The van der Waals surface area contributed by atoms with Crippen LogP contribution in [0.2, 0.25) is 0 Å². The van der Waals surface area contributed by atoms with Gasteiger partial charge in [0.2, 0.25) is 0 Å². The smallest absolute Gasteiger partial charge is 0.168 e. The maximum atomic E-state index is 12.3. The molecule has 1 heterocycles. The standard InChI is InChI=1S/C17H26O8/c1-6-2-9(19)13-11(21)4-10(20)12(17(13)25-6)8-3-7(5-18)14(22)16(24)15(8)23/h2,7-8,10-18,20-24H,3-5H2,1H3/t7-,8+,10?,11?,12?,13?,14-,15+,16+,17?/m1/s1. The molecule has 0 amide bonds. The number of carbonyl (C=O) groups is 1. The molecule has 6 N–H and O–H groups in total. The predicted octanol–water partition coefficient (Wildman–Crippen LogP) is -2.07. The lowest BCUT2D eigenvalue weighted by atomic mass is 9.61. The topological polar surface area (TPSA) is 148 Å². The van der Waals surface area contributed by atoms with Gasteiger partial charge in [0, 0.05) is 30.9 Å². The molecule has 8 nitrogen and oxygen atoms in total. The Labute approximate surface area is 145 Å². The van der Waals surface area contributed by atoms with Gasteiger partial charge in [0.25, 0.3) is 0 Å². The summed E-state index contributed by atoms with van der Waals surface area (Å²) in [5.41, 5.74) is 0. The molecule has 2 fully saturated rings. The van der Waals surface area contributed by atoms with Crippen molar-refractivity contribution in [3.63, 3.8) is 0 Å². The molecular weight excluding hydrogens is 332 g/mol. The Balaban J connectivity index is 1.93. The summed E-state index contributed by atoms with van der Waals surface area (Å²) in [5, 5.41) is 60.8. The Kier molecular flexibility index (Phi) is 5.21. The Morgan fingerprint density at radius 1 is 1.04 bits per heavy atom. The molecule has 0 spiro atoms. The first-order valence-electron chi connectivity index (χ1n) is 8.66. The quantitative estimate of drug-likeness (QED) is 0.330. The number of fused-ring (bicyclic) bond motifs is 1. The second-order valence-electron chi connectivity index (χ2n) is 7.53. The van der Waals surface area contributed by atoms with Crippen molar-refractivity contribution in [2.45, 2.75) is 56.4 Å². The second-order valence-corrected chi connectivity index (χ2v) is 7.53. The summed E-state index contributed by atoms with van der Waals surface area (Å²) >= 11 is 0. The predicted molar refractivity (Wildman–Crippen MR) is 84.0 cm³/mol. The number of aliphatic hydroxyl groups excluding tert-OH is 6. The number of rotatable bonds is 2. The third-order valence-corrected chi connectivity index (χ3v) is 6.00. The molecule has 2 aliphatic carbocycles. The fraction of sp³-hybridized carbons (Fsp3) is 0.824. The van der Waals surface area contributed by atoms with E-state index in [1.807, 2.05) is 0 Å². The number of aliphatic hydroxyl groups is 6. The van der Waals surface area contributed by atoms with Crippen LogP contribution < -0.4 is 0 Å². The minimum absolute atomic E-state index is 0.0422. The number of hydrogen-bond acceptors (Lipinski definition) is 8. The summed E-state index contributed by atoms with van der Waals surface area (Å²) in [5.74, 6) is -2.83. The molecule has 0 aromatic rings. The first-order chi connectivity index (χ1) is 11.8. The third-order valence-electron chi connectivity index (χ3n) is 6.00. The van der Waals surface area contributed by atoms with Gasteiger partial charge in [-0.15, -0.1) is 0 Å². The molecule has 3 aliphatic rings. The van der Waals surface area contributed by atoms with E-state index >= 15 is 0 Å². The zero-order valence-corrected chi connectivity index (χ0v) is 14.0. The molecule has 25 heavy (non-hydrogen) atoms. The van der Waals surface area contributed by atoms with Crippen LogP contribution in [-0.4, -0.2) is 79.7 Å². The van der Waals surface area contributed by atoms with Crippen LogP contribution in [-0.2, 0) is 9.53 Å². The average molecular weight is 358 g/mol. The van der Waals surface area contributed by atoms with E-state index in [-0.39, 0.29) is 25.2 Å². The summed E-state index contributed by atoms with van der Waals surface area (Å²) in [6.07, 6.45) is -5.58. The number of ketones is 1. The summed E-state index contributed by atoms with van der Waals surface area (Å²) in [6.45, 7) is 1.23. The van der Waals surface area contributed by atoms with Gasteiger partial charge in [0.15, 0.2) is 5.78 Å². The number of allylic oxidation sites excluding steroid dienone is 2. The van der Waals surface area contributed by atoms with Crippen LogP contribution in [0.1, 0.15) is 19.8 Å². The zero-order chi connectivity index (χ0) is 18.5. The molecule has 10 atom stereocenters. The first-order valence-corrected chi connectivity index (χ1v) is 8.66.